The van der Waals surface area contributed by atoms with Gasteiger partial charge < -0.3 is 20.0 Å². The van der Waals surface area contributed by atoms with Gasteiger partial charge in [-0.2, -0.15) is 9.61 Å². The molecule has 164 valence electrons. The molecule has 0 atom stereocenters. The molecule has 0 saturated heterocycles. The highest BCUT2D eigenvalue weighted by Crippen LogP contribution is 2.22. The van der Waals surface area contributed by atoms with Crippen molar-refractivity contribution in [2.24, 2.45) is 4.99 Å². The maximum Gasteiger partial charge on any atom is 0.326 e. The third-order valence-electron chi connectivity index (χ3n) is 5.18. The van der Waals surface area contributed by atoms with E-state index < -0.39 is 5.69 Å². The van der Waals surface area contributed by atoms with Crippen LogP contribution in [-0.2, 0) is 0 Å². The Morgan fingerprint density at radius 2 is 2.12 bits per heavy atom. The van der Waals surface area contributed by atoms with Crippen LogP contribution in [0.5, 0.6) is 5.88 Å². The second kappa shape index (κ2) is 7.44. The van der Waals surface area contributed by atoms with E-state index in [9.17, 15) is 9.90 Å². The number of nitrogens with zero attached hydrogens (tertiary/aromatic N) is 7. The van der Waals surface area contributed by atoms with Gasteiger partial charge in [-0.25, -0.2) is 19.7 Å². The summed E-state index contributed by atoms with van der Waals surface area (Å²) in [6.07, 6.45) is 12.3. The highest BCUT2D eigenvalue weighted by molar-refractivity contribution is 5.60. The molecule has 0 spiro atoms. The molecule has 0 unspecified atom stereocenters. The van der Waals surface area contributed by atoms with E-state index >= 15 is 0 Å². The number of aromatic hydroxyl groups is 1. The number of hydrogen-bond acceptors (Lipinski definition) is 8. The first-order valence-electron chi connectivity index (χ1n) is 10.3. The monoisotopic (exact) mass is 442 g/mol. The minimum absolute atomic E-state index is 0.243. The van der Waals surface area contributed by atoms with Gasteiger partial charge in [0.2, 0.25) is 5.88 Å². The maximum atomic E-state index is 11.5. The van der Waals surface area contributed by atoms with E-state index in [-0.39, 0.29) is 17.6 Å². The lowest BCUT2D eigenvalue weighted by Crippen LogP contribution is -2.20. The minimum Gasteiger partial charge on any atom is -0.493 e. The fourth-order valence-electron chi connectivity index (χ4n) is 3.42. The molecule has 0 radical (unpaired) electrons. The summed E-state index contributed by atoms with van der Waals surface area (Å²) >= 11 is 0. The van der Waals surface area contributed by atoms with E-state index in [1.807, 2.05) is 29.0 Å². The lowest BCUT2D eigenvalue weighted by atomic mass is 10.3. The van der Waals surface area contributed by atoms with Crippen LogP contribution in [0, 0.1) is 0 Å². The van der Waals surface area contributed by atoms with E-state index in [0.29, 0.717) is 28.0 Å². The summed E-state index contributed by atoms with van der Waals surface area (Å²) in [4.78, 5) is 34.3. The van der Waals surface area contributed by atoms with Crippen molar-refractivity contribution < 1.29 is 5.11 Å². The van der Waals surface area contributed by atoms with Gasteiger partial charge in [-0.05, 0) is 31.1 Å². The lowest BCUT2D eigenvalue weighted by Gasteiger charge is -2.07. The summed E-state index contributed by atoms with van der Waals surface area (Å²) < 4.78 is 3.51. The van der Waals surface area contributed by atoms with Crippen molar-refractivity contribution in [3.05, 3.63) is 76.2 Å². The molecule has 0 aliphatic heterocycles. The predicted octanol–water partition coefficient (Wildman–Crippen LogP) is 0.386. The van der Waals surface area contributed by atoms with Gasteiger partial charge in [-0.1, -0.05) is 0 Å². The van der Waals surface area contributed by atoms with Gasteiger partial charge in [-0.15, -0.1) is 0 Å². The Balaban J connectivity index is 1.43. The van der Waals surface area contributed by atoms with Crippen LogP contribution >= 0.6 is 0 Å². The molecule has 5 heterocycles. The molecule has 1 saturated carbocycles. The van der Waals surface area contributed by atoms with E-state index in [1.165, 1.54) is 0 Å². The van der Waals surface area contributed by atoms with Crippen LogP contribution in [0.25, 0.3) is 17.4 Å². The number of fused-ring (bicyclic) bond motifs is 1. The highest BCUT2D eigenvalue weighted by atomic mass is 16.3. The van der Waals surface area contributed by atoms with Gasteiger partial charge in [0.25, 0.3) is 0 Å². The van der Waals surface area contributed by atoms with Crippen LogP contribution in [0.3, 0.4) is 0 Å². The Kier molecular flexibility index (Phi) is 4.28. The van der Waals surface area contributed by atoms with Gasteiger partial charge >= 0.3 is 5.69 Å². The lowest BCUT2D eigenvalue weighted by molar-refractivity contribution is 0.454. The summed E-state index contributed by atoms with van der Waals surface area (Å²) in [6, 6.07) is 5.88. The van der Waals surface area contributed by atoms with Gasteiger partial charge in [0.1, 0.15) is 17.3 Å². The summed E-state index contributed by atoms with van der Waals surface area (Å²) in [7, 11) is 0. The Morgan fingerprint density at radius 3 is 2.82 bits per heavy atom. The molecule has 12 nitrogen and oxygen atoms in total. The zero-order valence-electron chi connectivity index (χ0n) is 17.2. The standard InChI is InChI=1S/C21H18N10O2/c32-20-15(26-21(33)29-20)7-12-9-24-31-18(25-13-1-2-13)8-17(28-19(12)31)27-16-4-3-14(10-23-16)30-6-5-22-11-30/h3-11,13,32H,1-2H2,(H,23,27)(H2,26,29,33)/b12-7-,25-18?. The topological polar surface area (TPSA) is 154 Å². The van der Waals surface area contributed by atoms with E-state index in [1.54, 1.807) is 35.5 Å². The Morgan fingerprint density at radius 1 is 1.21 bits per heavy atom. The third kappa shape index (κ3) is 3.73. The maximum absolute atomic E-state index is 11.5. The molecule has 1 aliphatic rings. The summed E-state index contributed by atoms with van der Waals surface area (Å²) in [6.45, 7) is 0. The van der Waals surface area contributed by atoms with E-state index in [2.05, 4.69) is 35.3 Å². The van der Waals surface area contributed by atoms with Crippen LogP contribution in [0.4, 0.5) is 11.6 Å². The van der Waals surface area contributed by atoms with Crippen molar-refractivity contribution in [3.63, 3.8) is 0 Å². The average molecular weight is 442 g/mol. The number of aromatic nitrogens is 8. The zero-order chi connectivity index (χ0) is 22.4. The number of imidazole rings is 2. The molecule has 1 fully saturated rings. The first kappa shape index (κ1) is 19.0. The molecular weight excluding hydrogens is 424 g/mol. The number of pyridine rings is 1. The minimum atomic E-state index is -0.500. The van der Waals surface area contributed by atoms with Crippen molar-refractivity contribution in [3.8, 4) is 11.6 Å². The summed E-state index contributed by atoms with van der Waals surface area (Å²) in [5, 5.41) is 18.2. The number of aromatic amines is 2. The average Bonchev–Trinajstić information content (AvgIpc) is 3.17. The van der Waals surface area contributed by atoms with Crippen molar-refractivity contribution in [1.29, 1.82) is 0 Å². The molecular formula is C21H18N10O2. The van der Waals surface area contributed by atoms with Crippen LogP contribution in [0.15, 0.2) is 59.1 Å². The molecule has 5 aromatic rings. The predicted molar refractivity (Wildman–Crippen MR) is 118 cm³/mol. The molecule has 1 aliphatic carbocycles. The molecule has 33 heavy (non-hydrogen) atoms. The van der Waals surface area contributed by atoms with Crippen LogP contribution < -0.4 is 21.7 Å². The normalized spacial score (nSPS) is 14.9. The SMILES string of the molecule is O=c1[nH]c(O)c(/C=c2/cnn3c(=NC4CC4)cc(Nc4ccc(-n5ccnc5)cn4)nc23)[nH]1. The number of nitrogens with one attached hydrogen (secondary N) is 3. The number of hydrogen-bond donors (Lipinski definition) is 4. The van der Waals surface area contributed by atoms with E-state index in [4.69, 9.17) is 4.99 Å². The van der Waals surface area contributed by atoms with E-state index in [0.717, 1.165) is 18.5 Å². The van der Waals surface area contributed by atoms with Crippen molar-refractivity contribution in [2.75, 3.05) is 5.32 Å². The first-order valence-corrected chi connectivity index (χ1v) is 10.3. The van der Waals surface area contributed by atoms with Gasteiger partial charge in [-0.3, -0.25) is 9.98 Å². The molecule has 0 aromatic carbocycles. The first-order chi connectivity index (χ1) is 16.1. The van der Waals surface area contributed by atoms with Crippen LogP contribution in [0.1, 0.15) is 18.5 Å². The zero-order valence-corrected chi connectivity index (χ0v) is 17.2. The number of anilines is 2. The second-order valence-corrected chi connectivity index (χ2v) is 7.68. The van der Waals surface area contributed by atoms with Gasteiger partial charge in [0.05, 0.1) is 30.5 Å². The molecule has 12 heteroatoms. The quantitative estimate of drug-likeness (QED) is 0.307. The fourth-order valence-corrected chi connectivity index (χ4v) is 3.42. The summed E-state index contributed by atoms with van der Waals surface area (Å²) in [5.41, 5.74) is 1.81. The van der Waals surface area contributed by atoms with Crippen molar-refractivity contribution in [2.45, 2.75) is 18.9 Å². The van der Waals surface area contributed by atoms with Gasteiger partial charge in [0, 0.05) is 23.7 Å². The third-order valence-corrected chi connectivity index (χ3v) is 5.18. The Hall–Kier alpha value is -4.74. The Bertz CT molecular complexity index is 1620. The molecule has 0 amide bonds. The Labute approximate surface area is 185 Å². The number of rotatable bonds is 5. The molecule has 6 rings (SSSR count). The second-order valence-electron chi connectivity index (χ2n) is 7.68. The smallest absolute Gasteiger partial charge is 0.326 e. The van der Waals surface area contributed by atoms with Gasteiger partial charge in [0.15, 0.2) is 11.1 Å². The highest BCUT2D eigenvalue weighted by Gasteiger charge is 2.20. The summed E-state index contributed by atoms with van der Waals surface area (Å²) in [5.74, 6) is 0.913. The van der Waals surface area contributed by atoms with Crippen molar-refractivity contribution in [1.82, 2.24) is 39.1 Å². The van der Waals surface area contributed by atoms with Crippen LogP contribution in [0.2, 0.25) is 0 Å². The van der Waals surface area contributed by atoms with Crippen molar-refractivity contribution >= 4 is 23.4 Å². The van der Waals surface area contributed by atoms with Crippen LogP contribution in [-0.4, -0.2) is 50.2 Å². The number of H-pyrrole nitrogens is 2. The molecule has 4 N–H and O–H groups in total. The molecule has 0 bridgehead atoms. The fraction of sp³-hybridized carbons (Fsp3) is 0.143. The largest absolute Gasteiger partial charge is 0.493 e. The molecule has 5 aromatic heterocycles.